The van der Waals surface area contributed by atoms with Crippen LogP contribution in [0.3, 0.4) is 0 Å². The maximum absolute atomic E-state index is 13.8. The average Bonchev–Trinajstić information content (AvgIpc) is 1.60. The number of carboxylic acids is 6. The number of aryl methyl sites for hydroxylation is 1. The number of aromatic amines is 6. The minimum absolute atomic E-state index is 0.00234. The van der Waals surface area contributed by atoms with Crippen LogP contribution < -0.4 is 28.4 Å². The first-order chi connectivity index (χ1) is 59.5. The lowest BCUT2D eigenvalue weighted by molar-refractivity contribution is -0.136. The van der Waals surface area contributed by atoms with Crippen LogP contribution in [-0.4, -0.2) is 238 Å². The van der Waals surface area contributed by atoms with Crippen LogP contribution in [0.5, 0.6) is 34.5 Å². The topological polar surface area (TPSA) is 563 Å². The molecular weight excluding hydrogens is 1750 g/mol. The van der Waals surface area contributed by atoms with Crippen LogP contribution in [0.25, 0.3) is 68.3 Å². The molecule has 12 aromatic rings. The van der Waals surface area contributed by atoms with Gasteiger partial charge in [0.2, 0.25) is 30.9 Å². The van der Waals surface area contributed by atoms with Crippen molar-refractivity contribution in [1.82, 2.24) is 91.1 Å². The second kappa shape index (κ2) is 48.8. The summed E-state index contributed by atoms with van der Waals surface area (Å²) in [5.41, 5.74) is 6.33. The van der Waals surface area contributed by atoms with Crippen LogP contribution in [0.4, 0.5) is 4.39 Å². The van der Waals surface area contributed by atoms with Crippen molar-refractivity contribution < 1.29 is 102 Å². The summed E-state index contributed by atoms with van der Waals surface area (Å²) in [5, 5.41) is 94.0. The number of carboxylic acid groups (broad SMARTS) is 6. The van der Waals surface area contributed by atoms with Crippen LogP contribution in [0.1, 0.15) is 61.5 Å². The molecule has 0 radical (unpaired) electrons. The number of aromatic nitrogens is 18. The summed E-state index contributed by atoms with van der Waals surface area (Å²) in [6, 6.07) is 34.1. The van der Waals surface area contributed by atoms with Gasteiger partial charge in [0.25, 0.3) is 0 Å². The highest BCUT2D eigenvalue weighted by Gasteiger charge is 2.32. The van der Waals surface area contributed by atoms with Crippen LogP contribution in [0, 0.1) is 25.6 Å². The number of thioether (sulfide) groups is 7. The standard InChI is InChI=1S/C15H15N3O5S.C14H15N3O4S.C13H15N3O4S.C13H13N3O3S.C12H13N3O2S2.C11H10FN3O2S/c1-22-11-6-9(4-5-10(11)23-14(21)8-2-3-8)13-16-15(18-17-13)24-7-12(19)20;1-8(2)21-10-5-4-9(6-11(10)20-3)13-15-14(17-16-13)22-7-12(18)19;1-7-9(19-2)4-8(5-10(7)20-3)12-14-13(16-15-12)21-6-11(17)18;1-2-10(17)8-3-5-9(6-4-8)12-14-13(16-15-12)20-7-11(18)19;1-2-18-9-5-3-8(4-6-9)11-13-12(15-14-11)19-7-10(16)17;1-6-3-2-4-7(9(6)12)10-13-11(15-14-10)18-5-8(16)17/h4-6,8H,2-3,7H2,1H3,(H,19,20)(H,16,17,18);4-6H,1,7H2,2-3H3,(H,18,19)(H,15,16,17);4-5H,6H2,1-3H3,(H,17,18)(H,14,15,16);3-6H,2,7H2,1H3,(H,18,19)(H,14,15,16);3-6H,2,7H2,1H3,(H,16,17)(H,13,14,15);2-4H,5H2,1H3,(H,16,17)(H,13,14,15). The van der Waals surface area contributed by atoms with Gasteiger partial charge in [-0.1, -0.05) is 140 Å². The number of nitrogens with one attached hydrogen (secondary N) is 6. The quantitative estimate of drug-likeness (QED) is 0.00570. The van der Waals surface area contributed by atoms with Crippen LogP contribution >= 0.6 is 82.3 Å². The van der Waals surface area contributed by atoms with E-state index in [1.165, 1.54) is 12.0 Å². The molecule has 1 saturated carbocycles. The number of Topliss-reactive ketones (excluding diaryl/α,β-unsaturated/α-hetero) is 1. The molecule has 13 rings (SSSR count). The Labute approximate surface area is 735 Å². The fourth-order valence-corrected chi connectivity index (χ4v) is 13.6. The Bertz CT molecular complexity index is 5620. The Kier molecular flexibility index (Phi) is 38.0. The van der Waals surface area contributed by atoms with Gasteiger partial charge in [-0.25, -0.2) is 34.3 Å². The van der Waals surface area contributed by atoms with Crippen molar-refractivity contribution in [2.75, 3.05) is 68.7 Å². The Hall–Kier alpha value is -12.8. The van der Waals surface area contributed by atoms with E-state index >= 15 is 0 Å². The number of methoxy groups -OCH3 is 4. The first-order valence-corrected chi connectivity index (χ1v) is 43.3. The third kappa shape index (κ3) is 31.0. The highest BCUT2D eigenvalue weighted by molar-refractivity contribution is 8.01. The zero-order valence-corrected chi connectivity index (χ0v) is 73.0. The van der Waals surface area contributed by atoms with Crippen molar-refractivity contribution in [2.24, 2.45) is 5.92 Å². The van der Waals surface area contributed by atoms with Gasteiger partial charge in [0.05, 0.1) is 80.2 Å². The molecule has 6 heterocycles. The number of hydrogen-bond acceptors (Lipinski definition) is 33. The molecule has 0 unspecified atom stereocenters. The van der Waals surface area contributed by atoms with E-state index in [0.29, 0.717) is 130 Å². The first-order valence-electron chi connectivity index (χ1n) is 36.4. The molecular formula is C78H81FN18O20S7. The van der Waals surface area contributed by atoms with Gasteiger partial charge in [-0.15, -0.1) is 42.4 Å². The SMILES string of the molecule is C=C(C)Oc1ccc(-c2nc(SCC(=O)O)n[nH]2)cc1OC.CCC(=O)c1ccc(-c2nc(SCC(=O)O)n[nH]2)cc1.CCSc1ccc(-c2nc(SCC(=O)O)n[nH]2)cc1.COc1cc(-c2nc(SCC(=O)O)n[nH]2)cc(OC)c1C.COc1cc(-c2nc(SCC(=O)O)n[nH]2)ccc1OC(=O)C1CC1.Cc1cccc(-c2nc(SCC(=O)O)n[nH]2)c1F. The number of ketones is 1. The van der Waals surface area contributed by atoms with Gasteiger partial charge in [-0.3, -0.25) is 68.9 Å². The van der Waals surface area contributed by atoms with Gasteiger partial charge < -0.3 is 59.1 Å². The molecule has 1 fully saturated rings. The van der Waals surface area contributed by atoms with E-state index < -0.39 is 35.8 Å². The molecule has 0 atom stereocenters. The minimum Gasteiger partial charge on any atom is -0.496 e. The number of esters is 1. The summed E-state index contributed by atoms with van der Waals surface area (Å²) in [5.74, 6) is 1.28. The Morgan fingerprint density at radius 1 is 0.411 bits per heavy atom. The number of carbonyl (C=O) groups excluding carboxylic acids is 2. The molecule has 1 aliphatic carbocycles. The van der Waals surface area contributed by atoms with Crippen molar-refractivity contribution in [3.63, 3.8) is 0 Å². The summed E-state index contributed by atoms with van der Waals surface area (Å²) in [4.78, 5) is 113. The molecule has 652 valence electrons. The van der Waals surface area contributed by atoms with Crippen molar-refractivity contribution in [2.45, 2.75) is 89.7 Å². The Morgan fingerprint density at radius 2 is 0.734 bits per heavy atom. The molecule has 1 aliphatic rings. The molecule has 46 heteroatoms. The van der Waals surface area contributed by atoms with Gasteiger partial charge in [-0.05, 0) is 112 Å². The lowest BCUT2D eigenvalue weighted by Crippen LogP contribution is -2.10. The number of H-pyrrole nitrogens is 6. The minimum atomic E-state index is -0.951. The zero-order chi connectivity index (χ0) is 89.9. The third-order valence-electron chi connectivity index (χ3n) is 15.7. The molecule has 6 aromatic carbocycles. The number of nitrogens with zero attached hydrogens (tertiary/aromatic N) is 12. The predicted molar refractivity (Wildman–Crippen MR) is 462 cm³/mol. The highest BCUT2D eigenvalue weighted by Crippen LogP contribution is 2.38. The molecule has 124 heavy (non-hydrogen) atoms. The van der Waals surface area contributed by atoms with E-state index in [0.717, 1.165) is 117 Å². The van der Waals surface area contributed by atoms with Gasteiger partial charge in [0, 0.05) is 50.3 Å². The van der Waals surface area contributed by atoms with Crippen molar-refractivity contribution >= 4 is 130 Å². The Morgan fingerprint density at radius 3 is 1.07 bits per heavy atom. The lowest BCUT2D eigenvalue weighted by Gasteiger charge is -2.11. The van der Waals surface area contributed by atoms with Gasteiger partial charge in [0.15, 0.2) is 63.7 Å². The average molecular weight is 1830 g/mol. The maximum atomic E-state index is 13.8. The fourth-order valence-electron chi connectivity index (χ4n) is 9.83. The normalized spacial score (nSPS) is 11.0. The van der Waals surface area contributed by atoms with Crippen molar-refractivity contribution in [1.29, 1.82) is 0 Å². The summed E-state index contributed by atoms with van der Waals surface area (Å²) in [6.07, 6.45) is 2.21. The van der Waals surface area contributed by atoms with Crippen LogP contribution in [0.2, 0.25) is 0 Å². The van der Waals surface area contributed by atoms with E-state index in [9.17, 15) is 42.7 Å². The number of ether oxygens (including phenoxy) is 6. The summed E-state index contributed by atoms with van der Waals surface area (Å²) < 4.78 is 45.8. The number of halogens is 1. The van der Waals surface area contributed by atoms with E-state index in [1.807, 2.05) is 50.2 Å². The van der Waals surface area contributed by atoms with Gasteiger partial charge >= 0.3 is 41.8 Å². The number of benzene rings is 6. The van der Waals surface area contributed by atoms with Gasteiger partial charge in [0.1, 0.15) is 17.3 Å². The second-order valence-electron chi connectivity index (χ2n) is 24.9. The van der Waals surface area contributed by atoms with E-state index in [-0.39, 0.29) is 63.2 Å². The van der Waals surface area contributed by atoms with E-state index in [4.69, 9.17) is 59.1 Å². The summed E-state index contributed by atoms with van der Waals surface area (Å²) >= 11 is 8.02. The lowest BCUT2D eigenvalue weighted by atomic mass is 10.1. The monoisotopic (exact) mass is 1830 g/mol. The molecule has 38 nitrogen and oxygen atoms in total. The molecule has 12 N–H and O–H groups in total. The number of hydrogen-bond donors (Lipinski definition) is 12. The van der Waals surface area contributed by atoms with Crippen molar-refractivity contribution in [3.8, 4) is 103 Å². The number of rotatable bonds is 36. The highest BCUT2D eigenvalue weighted by atomic mass is 32.2. The van der Waals surface area contributed by atoms with E-state index in [2.05, 4.69) is 105 Å². The second-order valence-corrected chi connectivity index (χ2v) is 31.9. The predicted octanol–water partition coefficient (Wildman–Crippen LogP) is 13.6. The molecule has 0 saturated heterocycles. The smallest absolute Gasteiger partial charge is 0.314 e. The Balaban J connectivity index is 0.000000185. The van der Waals surface area contributed by atoms with E-state index in [1.54, 1.807) is 126 Å². The molecule has 0 spiro atoms. The third-order valence-corrected chi connectivity index (χ3v) is 21.6. The van der Waals surface area contributed by atoms with Crippen LogP contribution in [0.15, 0.2) is 163 Å². The summed E-state index contributed by atoms with van der Waals surface area (Å²) in [7, 11) is 6.20. The largest absolute Gasteiger partial charge is 0.496 e. The molecule has 6 aromatic heterocycles. The van der Waals surface area contributed by atoms with Crippen LogP contribution in [-0.2, 0) is 33.6 Å². The van der Waals surface area contributed by atoms with Crippen molar-refractivity contribution in [3.05, 3.63) is 150 Å². The fraction of sp³-hybridized carbons (Fsp3) is 0.256. The number of allylic oxidation sites excluding steroid dienone is 1. The molecule has 0 amide bonds. The molecule has 0 bridgehead atoms. The number of carbonyl (C=O) groups is 8. The zero-order valence-electron chi connectivity index (χ0n) is 67.3. The summed E-state index contributed by atoms with van der Waals surface area (Å²) in [6.45, 7) is 12.9. The maximum Gasteiger partial charge on any atom is 0.314 e. The molecule has 0 aliphatic heterocycles. The van der Waals surface area contributed by atoms with Gasteiger partial charge in [-0.2, -0.15) is 0 Å². The number of aliphatic carboxylic acids is 6. The first kappa shape index (κ1) is 96.7.